The molecule has 0 radical (unpaired) electrons. The van der Waals surface area contributed by atoms with Gasteiger partial charge >= 0.3 is 0 Å². The lowest BCUT2D eigenvalue weighted by Gasteiger charge is -2.00. The molecular weight excluding hydrogens is 346 g/mol. The van der Waals surface area contributed by atoms with Gasteiger partial charge in [0, 0.05) is 31.5 Å². The molecule has 0 spiro atoms. The average molecular weight is 367 g/mol. The molecule has 0 atom stereocenters. The highest BCUT2D eigenvalue weighted by atomic mass is 32.1. The zero-order valence-corrected chi connectivity index (χ0v) is 15.4. The van der Waals surface area contributed by atoms with E-state index in [1.807, 2.05) is 52.7 Å². The van der Waals surface area contributed by atoms with Crippen molar-refractivity contribution < 1.29 is 9.53 Å². The third kappa shape index (κ3) is 4.91. The van der Waals surface area contributed by atoms with E-state index in [1.54, 1.807) is 18.4 Å². The normalized spacial score (nSPS) is 11.1. The van der Waals surface area contributed by atoms with Gasteiger partial charge in [0.15, 0.2) is 0 Å². The molecule has 0 fully saturated rings. The van der Waals surface area contributed by atoms with Crippen molar-refractivity contribution in [2.24, 2.45) is 0 Å². The summed E-state index contributed by atoms with van der Waals surface area (Å²) < 4.78 is 6.84. The molecule has 0 saturated carbocycles. The third-order valence-corrected chi connectivity index (χ3v) is 4.63. The van der Waals surface area contributed by atoms with E-state index >= 15 is 0 Å². The molecule has 0 bridgehead atoms. The molecule has 2 aromatic heterocycles. The fraction of sp³-hybridized carbons (Fsp3) is 0.200. The summed E-state index contributed by atoms with van der Waals surface area (Å²) in [6.07, 6.45) is 5.32. The predicted molar refractivity (Wildman–Crippen MR) is 105 cm³/mol. The molecule has 1 aromatic carbocycles. The lowest BCUT2D eigenvalue weighted by molar-refractivity contribution is -0.116. The van der Waals surface area contributed by atoms with E-state index in [1.165, 1.54) is 11.6 Å². The molecule has 0 unspecified atom stereocenters. The standard InChI is InChI=1S/C20H21N3O2S/c1-25-12-11-21-19(24)10-9-17-15-23(14-16-6-3-2-4-7-16)22-20(17)18-8-5-13-26-18/h2-10,13,15H,11-12,14H2,1H3,(H,21,24). The second-order valence-electron chi connectivity index (χ2n) is 5.71. The molecular formula is C20H21N3O2S. The maximum absolute atomic E-state index is 11.9. The number of benzene rings is 1. The number of aromatic nitrogens is 2. The Hall–Kier alpha value is -2.70. The van der Waals surface area contributed by atoms with Crippen LogP contribution in [0.25, 0.3) is 16.6 Å². The Morgan fingerprint density at radius 2 is 2.12 bits per heavy atom. The first-order chi connectivity index (χ1) is 12.8. The molecule has 5 nitrogen and oxygen atoms in total. The highest BCUT2D eigenvalue weighted by Gasteiger charge is 2.11. The van der Waals surface area contributed by atoms with Crippen LogP contribution in [0.4, 0.5) is 0 Å². The SMILES string of the molecule is COCCNC(=O)C=Cc1cn(Cc2ccccc2)nc1-c1cccs1. The Morgan fingerprint density at radius 1 is 1.27 bits per heavy atom. The topological polar surface area (TPSA) is 56.1 Å². The van der Waals surface area contributed by atoms with Crippen LogP contribution in [-0.2, 0) is 16.1 Å². The Bertz CT molecular complexity index is 855. The zero-order chi connectivity index (χ0) is 18.2. The van der Waals surface area contributed by atoms with E-state index in [-0.39, 0.29) is 5.91 Å². The van der Waals surface area contributed by atoms with Crippen molar-refractivity contribution in [3.05, 3.63) is 71.2 Å². The summed E-state index contributed by atoms with van der Waals surface area (Å²) in [6, 6.07) is 14.2. The van der Waals surface area contributed by atoms with Crippen molar-refractivity contribution in [1.29, 1.82) is 0 Å². The minimum Gasteiger partial charge on any atom is -0.383 e. The summed E-state index contributed by atoms with van der Waals surface area (Å²) in [5.74, 6) is -0.144. The molecule has 134 valence electrons. The Labute approximate surface area is 156 Å². The number of nitrogens with one attached hydrogen (secondary N) is 1. The summed E-state index contributed by atoms with van der Waals surface area (Å²) in [4.78, 5) is 13.0. The molecule has 0 saturated heterocycles. The van der Waals surface area contributed by atoms with Crippen LogP contribution in [0.1, 0.15) is 11.1 Å². The van der Waals surface area contributed by atoms with Crippen molar-refractivity contribution in [1.82, 2.24) is 15.1 Å². The van der Waals surface area contributed by atoms with Crippen molar-refractivity contribution in [2.45, 2.75) is 6.54 Å². The van der Waals surface area contributed by atoms with Gasteiger partial charge in [0.25, 0.3) is 0 Å². The zero-order valence-electron chi connectivity index (χ0n) is 14.6. The van der Waals surface area contributed by atoms with E-state index in [9.17, 15) is 4.79 Å². The monoisotopic (exact) mass is 367 g/mol. The van der Waals surface area contributed by atoms with Gasteiger partial charge in [-0.15, -0.1) is 11.3 Å². The van der Waals surface area contributed by atoms with E-state index in [2.05, 4.69) is 17.4 Å². The number of hydrogen-bond acceptors (Lipinski definition) is 4. The van der Waals surface area contributed by atoms with Crippen molar-refractivity contribution in [3.8, 4) is 10.6 Å². The number of rotatable bonds is 8. The van der Waals surface area contributed by atoms with Crippen LogP contribution in [0.2, 0.25) is 0 Å². The van der Waals surface area contributed by atoms with Gasteiger partial charge in [0.05, 0.1) is 18.0 Å². The summed E-state index contributed by atoms with van der Waals surface area (Å²) in [5, 5.41) is 9.53. The van der Waals surface area contributed by atoms with Crippen LogP contribution in [-0.4, -0.2) is 35.9 Å². The first-order valence-corrected chi connectivity index (χ1v) is 9.24. The second kappa shape index (κ2) is 9.12. The van der Waals surface area contributed by atoms with Crippen LogP contribution in [0.3, 0.4) is 0 Å². The van der Waals surface area contributed by atoms with E-state index in [4.69, 9.17) is 9.84 Å². The highest BCUT2D eigenvalue weighted by molar-refractivity contribution is 7.13. The van der Waals surface area contributed by atoms with Gasteiger partial charge in [-0.3, -0.25) is 9.48 Å². The van der Waals surface area contributed by atoms with Crippen LogP contribution in [0.5, 0.6) is 0 Å². The molecule has 1 N–H and O–H groups in total. The molecule has 1 amide bonds. The third-order valence-electron chi connectivity index (χ3n) is 3.75. The first-order valence-electron chi connectivity index (χ1n) is 8.36. The molecule has 0 aliphatic carbocycles. The second-order valence-corrected chi connectivity index (χ2v) is 6.66. The minimum absolute atomic E-state index is 0.144. The summed E-state index contributed by atoms with van der Waals surface area (Å²) in [6.45, 7) is 1.67. The van der Waals surface area contributed by atoms with Gasteiger partial charge in [-0.25, -0.2) is 0 Å². The van der Waals surface area contributed by atoms with Crippen molar-refractivity contribution in [3.63, 3.8) is 0 Å². The van der Waals surface area contributed by atoms with Gasteiger partial charge < -0.3 is 10.1 Å². The van der Waals surface area contributed by atoms with E-state index in [0.29, 0.717) is 19.7 Å². The number of hydrogen-bond donors (Lipinski definition) is 1. The first kappa shape index (κ1) is 18.1. The highest BCUT2D eigenvalue weighted by Crippen LogP contribution is 2.27. The lowest BCUT2D eigenvalue weighted by atomic mass is 10.2. The summed E-state index contributed by atoms with van der Waals surface area (Å²) in [5.41, 5.74) is 2.99. The smallest absolute Gasteiger partial charge is 0.244 e. The van der Waals surface area contributed by atoms with Crippen molar-refractivity contribution >= 4 is 23.3 Å². The number of nitrogens with zero attached hydrogens (tertiary/aromatic N) is 2. The quantitative estimate of drug-likeness (QED) is 0.490. The number of thiophene rings is 1. The van der Waals surface area contributed by atoms with Gasteiger partial charge in [-0.05, 0) is 23.1 Å². The Kier molecular flexibility index (Phi) is 6.35. The maximum Gasteiger partial charge on any atom is 0.244 e. The molecule has 0 aliphatic rings. The van der Waals surface area contributed by atoms with Gasteiger partial charge in [-0.2, -0.15) is 5.10 Å². The van der Waals surface area contributed by atoms with E-state index in [0.717, 1.165) is 16.1 Å². The van der Waals surface area contributed by atoms with Gasteiger partial charge in [0.2, 0.25) is 5.91 Å². The number of amides is 1. The average Bonchev–Trinajstić information content (AvgIpc) is 3.30. The number of ether oxygens (including phenoxy) is 1. The molecule has 2 heterocycles. The molecule has 3 rings (SSSR count). The predicted octanol–water partition coefficient (Wildman–Crippen LogP) is 3.44. The van der Waals surface area contributed by atoms with Crippen molar-refractivity contribution in [2.75, 3.05) is 20.3 Å². The largest absolute Gasteiger partial charge is 0.383 e. The fourth-order valence-electron chi connectivity index (χ4n) is 2.52. The lowest BCUT2D eigenvalue weighted by Crippen LogP contribution is -2.24. The van der Waals surface area contributed by atoms with Gasteiger partial charge in [-0.1, -0.05) is 36.4 Å². The molecule has 26 heavy (non-hydrogen) atoms. The molecule has 6 heteroatoms. The number of methoxy groups -OCH3 is 1. The Balaban J connectivity index is 1.80. The Morgan fingerprint density at radius 3 is 2.85 bits per heavy atom. The van der Waals surface area contributed by atoms with Crippen LogP contribution < -0.4 is 5.32 Å². The van der Waals surface area contributed by atoms with E-state index < -0.39 is 0 Å². The maximum atomic E-state index is 11.9. The van der Waals surface area contributed by atoms with Crippen LogP contribution >= 0.6 is 11.3 Å². The summed E-state index contributed by atoms with van der Waals surface area (Å²) >= 11 is 1.63. The minimum atomic E-state index is -0.144. The van der Waals surface area contributed by atoms with Crippen LogP contribution in [0.15, 0.2) is 60.1 Å². The van der Waals surface area contributed by atoms with Gasteiger partial charge in [0.1, 0.15) is 5.69 Å². The summed E-state index contributed by atoms with van der Waals surface area (Å²) in [7, 11) is 1.61. The van der Waals surface area contributed by atoms with Crippen LogP contribution in [0, 0.1) is 0 Å². The fourth-order valence-corrected chi connectivity index (χ4v) is 3.25. The molecule has 3 aromatic rings. The number of carbonyl (C=O) groups excluding carboxylic acids is 1. The molecule has 0 aliphatic heterocycles. The number of carbonyl (C=O) groups is 1.